The highest BCUT2D eigenvalue weighted by atomic mass is 16.6. The highest BCUT2D eigenvalue weighted by Crippen LogP contribution is 2.23. The van der Waals surface area contributed by atoms with Gasteiger partial charge in [0.05, 0.1) is 0 Å². The van der Waals surface area contributed by atoms with Crippen LogP contribution in [-0.2, 0) is 9.53 Å². The first-order valence-corrected chi connectivity index (χ1v) is 9.65. The van der Waals surface area contributed by atoms with Gasteiger partial charge in [0.15, 0.2) is 0 Å². The van der Waals surface area contributed by atoms with Crippen molar-refractivity contribution in [3.05, 3.63) is 18.5 Å². The summed E-state index contributed by atoms with van der Waals surface area (Å²) in [6.45, 7) is 8.88. The maximum Gasteiger partial charge on any atom is 0.410 e. The highest BCUT2D eigenvalue weighted by molar-refractivity contribution is 5.86. The second-order valence-electron chi connectivity index (χ2n) is 8.05. The van der Waals surface area contributed by atoms with Crippen molar-refractivity contribution in [3.63, 3.8) is 0 Å². The first-order valence-electron chi connectivity index (χ1n) is 9.65. The number of carbonyl (C=O) groups is 2. The van der Waals surface area contributed by atoms with E-state index < -0.39 is 17.7 Å². The molecule has 2 fully saturated rings. The second-order valence-corrected chi connectivity index (χ2v) is 8.05. The second kappa shape index (κ2) is 8.10. The van der Waals surface area contributed by atoms with Crippen molar-refractivity contribution in [2.45, 2.75) is 51.7 Å². The van der Waals surface area contributed by atoms with E-state index in [9.17, 15) is 9.59 Å². The zero-order valence-electron chi connectivity index (χ0n) is 16.4. The zero-order valence-corrected chi connectivity index (χ0v) is 16.4. The van der Waals surface area contributed by atoms with Crippen LogP contribution in [0.5, 0.6) is 0 Å². The Hall–Kier alpha value is -2.38. The lowest BCUT2D eigenvalue weighted by Gasteiger charge is -2.31. The van der Waals surface area contributed by atoms with Crippen LogP contribution in [0, 0.1) is 0 Å². The van der Waals surface area contributed by atoms with Crippen LogP contribution in [0.1, 0.15) is 40.0 Å². The number of anilines is 1. The molecular weight excluding hydrogens is 346 g/mol. The van der Waals surface area contributed by atoms with Crippen LogP contribution >= 0.6 is 0 Å². The number of hydrogen-bond acceptors (Lipinski definition) is 6. The van der Waals surface area contributed by atoms with Gasteiger partial charge >= 0.3 is 6.09 Å². The Morgan fingerprint density at radius 1 is 1.04 bits per heavy atom. The Balaban J connectivity index is 1.62. The molecule has 2 amide bonds. The molecule has 2 aliphatic heterocycles. The summed E-state index contributed by atoms with van der Waals surface area (Å²) in [5.74, 6) is 0.720. The van der Waals surface area contributed by atoms with Gasteiger partial charge in [0.25, 0.3) is 0 Å². The first-order chi connectivity index (χ1) is 12.8. The van der Waals surface area contributed by atoms with E-state index in [1.807, 2.05) is 25.7 Å². The summed E-state index contributed by atoms with van der Waals surface area (Å²) in [4.78, 5) is 39.8. The highest BCUT2D eigenvalue weighted by Gasteiger charge is 2.38. The summed E-state index contributed by atoms with van der Waals surface area (Å²) >= 11 is 0. The molecule has 1 atom stereocenters. The SMILES string of the molecule is CC(C)(C)OC(=O)N1CCCC1C(=O)N1CCCN(c2ncccn2)CC1. The van der Waals surface area contributed by atoms with E-state index in [4.69, 9.17) is 4.74 Å². The number of aromatic nitrogens is 2. The molecule has 8 heteroatoms. The largest absolute Gasteiger partial charge is 0.444 e. The molecule has 2 aliphatic rings. The summed E-state index contributed by atoms with van der Waals surface area (Å²) in [7, 11) is 0. The van der Waals surface area contributed by atoms with Gasteiger partial charge in [-0.15, -0.1) is 0 Å². The van der Waals surface area contributed by atoms with Gasteiger partial charge in [0.1, 0.15) is 11.6 Å². The number of likely N-dealkylation sites (tertiary alicyclic amines) is 1. The minimum atomic E-state index is -0.563. The Morgan fingerprint density at radius 3 is 2.48 bits per heavy atom. The average molecular weight is 375 g/mol. The molecule has 1 unspecified atom stereocenters. The van der Waals surface area contributed by atoms with Gasteiger partial charge in [-0.2, -0.15) is 0 Å². The Morgan fingerprint density at radius 2 is 1.78 bits per heavy atom. The van der Waals surface area contributed by atoms with E-state index >= 15 is 0 Å². The fraction of sp³-hybridized carbons (Fsp3) is 0.684. The fourth-order valence-corrected chi connectivity index (χ4v) is 3.57. The zero-order chi connectivity index (χ0) is 19.4. The van der Waals surface area contributed by atoms with Gasteiger partial charge < -0.3 is 14.5 Å². The number of carbonyl (C=O) groups excluding carboxylic acids is 2. The molecule has 0 saturated carbocycles. The predicted octanol–water partition coefficient (Wildman–Crippen LogP) is 1.91. The van der Waals surface area contributed by atoms with Crippen molar-refractivity contribution >= 4 is 17.9 Å². The molecule has 0 radical (unpaired) electrons. The molecule has 27 heavy (non-hydrogen) atoms. The topological polar surface area (TPSA) is 78.9 Å². The maximum absolute atomic E-state index is 13.1. The van der Waals surface area contributed by atoms with Gasteiger partial charge in [-0.3, -0.25) is 9.69 Å². The number of ether oxygens (including phenoxy) is 1. The van der Waals surface area contributed by atoms with Gasteiger partial charge in [-0.05, 0) is 46.1 Å². The normalized spacial score (nSPS) is 21.1. The molecule has 0 bridgehead atoms. The predicted molar refractivity (Wildman–Crippen MR) is 101 cm³/mol. The van der Waals surface area contributed by atoms with Crippen molar-refractivity contribution in [2.75, 3.05) is 37.6 Å². The van der Waals surface area contributed by atoms with Gasteiger partial charge in [-0.1, -0.05) is 0 Å². The van der Waals surface area contributed by atoms with Crippen molar-refractivity contribution < 1.29 is 14.3 Å². The van der Waals surface area contributed by atoms with Gasteiger partial charge in [0, 0.05) is 45.1 Å². The molecule has 3 heterocycles. The maximum atomic E-state index is 13.1. The lowest BCUT2D eigenvalue weighted by molar-refractivity contribution is -0.135. The minimum Gasteiger partial charge on any atom is -0.444 e. The number of hydrogen-bond donors (Lipinski definition) is 0. The molecule has 8 nitrogen and oxygen atoms in total. The summed E-state index contributed by atoms with van der Waals surface area (Å²) < 4.78 is 5.48. The lowest BCUT2D eigenvalue weighted by atomic mass is 10.2. The monoisotopic (exact) mass is 375 g/mol. The molecule has 0 aromatic carbocycles. The average Bonchev–Trinajstić information content (AvgIpc) is 2.98. The van der Waals surface area contributed by atoms with Crippen LogP contribution in [0.3, 0.4) is 0 Å². The van der Waals surface area contributed by atoms with Crippen molar-refractivity contribution in [1.29, 1.82) is 0 Å². The summed E-state index contributed by atoms with van der Waals surface area (Å²) in [5.41, 5.74) is -0.563. The fourth-order valence-electron chi connectivity index (χ4n) is 3.57. The number of rotatable bonds is 2. The van der Waals surface area contributed by atoms with Crippen LogP contribution in [0.4, 0.5) is 10.7 Å². The lowest BCUT2D eigenvalue weighted by Crippen LogP contribution is -2.49. The third kappa shape index (κ3) is 4.87. The minimum absolute atomic E-state index is 0.0224. The number of amides is 2. The molecule has 0 spiro atoms. The van der Waals surface area contributed by atoms with Crippen LogP contribution < -0.4 is 4.90 Å². The van der Waals surface area contributed by atoms with Crippen molar-refractivity contribution in [1.82, 2.24) is 19.8 Å². The van der Waals surface area contributed by atoms with Crippen LogP contribution in [0.25, 0.3) is 0 Å². The standard InChI is InChI=1S/C19H29N5O3/c1-19(2,3)27-18(26)24-12-4-7-15(24)16(25)22-10-6-11-23(14-13-22)17-20-8-5-9-21-17/h5,8-9,15H,4,6-7,10-14H2,1-3H3. The Labute approximate surface area is 160 Å². The van der Waals surface area contributed by atoms with Gasteiger partial charge in [-0.25, -0.2) is 14.8 Å². The summed E-state index contributed by atoms with van der Waals surface area (Å²) in [5, 5.41) is 0. The summed E-state index contributed by atoms with van der Waals surface area (Å²) in [6.07, 6.45) is 5.43. The van der Waals surface area contributed by atoms with E-state index in [0.29, 0.717) is 38.5 Å². The quantitative estimate of drug-likeness (QED) is 0.786. The molecular formula is C19H29N5O3. The Kier molecular flexibility index (Phi) is 5.82. The van der Waals surface area contributed by atoms with Crippen molar-refractivity contribution in [2.24, 2.45) is 0 Å². The third-order valence-electron chi connectivity index (χ3n) is 4.81. The molecule has 2 saturated heterocycles. The van der Waals surface area contributed by atoms with E-state index in [-0.39, 0.29) is 5.91 Å². The first kappa shape index (κ1) is 19.4. The van der Waals surface area contributed by atoms with Crippen molar-refractivity contribution in [3.8, 4) is 0 Å². The van der Waals surface area contributed by atoms with Crippen LogP contribution in [-0.4, -0.2) is 76.1 Å². The molecule has 0 aliphatic carbocycles. The summed E-state index contributed by atoms with van der Waals surface area (Å²) in [6, 6.07) is 1.38. The van der Waals surface area contributed by atoms with E-state index in [1.54, 1.807) is 23.4 Å². The van der Waals surface area contributed by atoms with E-state index in [0.717, 1.165) is 19.4 Å². The number of nitrogens with zero attached hydrogens (tertiary/aromatic N) is 5. The third-order valence-corrected chi connectivity index (χ3v) is 4.81. The van der Waals surface area contributed by atoms with E-state index in [1.165, 1.54) is 0 Å². The molecule has 1 aromatic rings. The van der Waals surface area contributed by atoms with Gasteiger partial charge in [0.2, 0.25) is 11.9 Å². The Bertz CT molecular complexity index is 661. The molecule has 148 valence electrons. The molecule has 3 rings (SSSR count). The van der Waals surface area contributed by atoms with E-state index in [2.05, 4.69) is 14.9 Å². The smallest absolute Gasteiger partial charge is 0.410 e. The van der Waals surface area contributed by atoms with Crippen LogP contribution in [0.15, 0.2) is 18.5 Å². The van der Waals surface area contributed by atoms with Crippen LogP contribution in [0.2, 0.25) is 0 Å². The molecule has 1 aromatic heterocycles. The molecule has 0 N–H and O–H groups in total.